The van der Waals surface area contributed by atoms with Gasteiger partial charge in [-0.25, -0.2) is 9.89 Å². The average molecular weight is 139 g/mol. The first-order valence-electron chi connectivity index (χ1n) is 3.00. The van der Waals surface area contributed by atoms with E-state index in [9.17, 15) is 4.79 Å². The van der Waals surface area contributed by atoms with Crippen molar-refractivity contribution >= 4 is 6.08 Å². The van der Waals surface area contributed by atoms with Crippen LogP contribution in [0.2, 0.25) is 0 Å². The maximum Gasteiger partial charge on any atom is 0.343 e. The zero-order valence-electron chi connectivity index (χ0n) is 5.96. The second-order valence-corrected chi connectivity index (χ2v) is 1.95. The Kier molecular flexibility index (Phi) is 1.71. The minimum absolute atomic E-state index is 0.187. The van der Waals surface area contributed by atoms with Gasteiger partial charge in [0.2, 0.25) is 0 Å². The summed E-state index contributed by atoms with van der Waals surface area (Å²) >= 11 is 0. The highest BCUT2D eigenvalue weighted by molar-refractivity contribution is 5.38. The van der Waals surface area contributed by atoms with E-state index >= 15 is 0 Å². The zero-order valence-corrected chi connectivity index (χ0v) is 5.96. The van der Waals surface area contributed by atoms with Crippen LogP contribution in [0.25, 0.3) is 6.08 Å². The number of rotatable bonds is 1. The summed E-state index contributed by atoms with van der Waals surface area (Å²) in [4.78, 5) is 10.7. The number of hydrogen-bond donors (Lipinski definition) is 1. The summed E-state index contributed by atoms with van der Waals surface area (Å²) in [6.07, 6.45) is 3.59. The Morgan fingerprint density at radius 1 is 1.70 bits per heavy atom. The summed E-state index contributed by atoms with van der Waals surface area (Å²) in [5.41, 5.74) is -0.187. The molecule has 0 saturated carbocycles. The molecule has 0 radical (unpaired) electrons. The maximum atomic E-state index is 10.7. The molecule has 0 saturated heterocycles. The lowest BCUT2D eigenvalue weighted by molar-refractivity contribution is 0.852. The Hall–Kier alpha value is -1.32. The standard InChI is InChI=1S/C6H9N3O/c1-3-4-5-7-8-6(10)9(5)2/h3-4H,1-2H3,(H,8,10). The third-order valence-corrected chi connectivity index (χ3v) is 1.23. The average Bonchev–Trinajstić information content (AvgIpc) is 2.20. The van der Waals surface area contributed by atoms with E-state index in [2.05, 4.69) is 10.2 Å². The molecule has 1 N–H and O–H groups in total. The Labute approximate surface area is 58.2 Å². The molecule has 0 spiro atoms. The maximum absolute atomic E-state index is 10.7. The van der Waals surface area contributed by atoms with E-state index < -0.39 is 0 Å². The molecule has 0 bridgehead atoms. The van der Waals surface area contributed by atoms with Crippen molar-refractivity contribution in [2.24, 2.45) is 7.05 Å². The molecule has 0 aliphatic carbocycles. The smallest absolute Gasteiger partial charge is 0.279 e. The van der Waals surface area contributed by atoms with Crippen LogP contribution in [0, 0.1) is 0 Å². The molecule has 54 valence electrons. The van der Waals surface area contributed by atoms with E-state index in [1.54, 1.807) is 13.1 Å². The van der Waals surface area contributed by atoms with Crippen molar-refractivity contribution in [1.82, 2.24) is 14.8 Å². The Morgan fingerprint density at radius 3 is 2.80 bits per heavy atom. The molecule has 4 nitrogen and oxygen atoms in total. The van der Waals surface area contributed by atoms with Crippen molar-refractivity contribution < 1.29 is 0 Å². The van der Waals surface area contributed by atoms with Crippen molar-refractivity contribution in [3.8, 4) is 0 Å². The van der Waals surface area contributed by atoms with E-state index in [1.165, 1.54) is 4.57 Å². The summed E-state index contributed by atoms with van der Waals surface area (Å²) in [6, 6.07) is 0. The van der Waals surface area contributed by atoms with Crippen LogP contribution < -0.4 is 5.69 Å². The fourth-order valence-corrected chi connectivity index (χ4v) is 0.657. The first kappa shape index (κ1) is 6.80. The normalized spacial score (nSPS) is 11.0. The van der Waals surface area contributed by atoms with Gasteiger partial charge in [0.15, 0.2) is 5.82 Å². The van der Waals surface area contributed by atoms with Gasteiger partial charge < -0.3 is 0 Å². The van der Waals surface area contributed by atoms with Crippen molar-refractivity contribution in [3.05, 3.63) is 22.4 Å². The van der Waals surface area contributed by atoms with Crippen LogP contribution in [0.5, 0.6) is 0 Å². The molecule has 0 unspecified atom stereocenters. The first-order valence-corrected chi connectivity index (χ1v) is 3.00. The predicted octanol–water partition coefficient (Wildman–Crippen LogP) is 0.141. The zero-order chi connectivity index (χ0) is 7.56. The molecular weight excluding hydrogens is 130 g/mol. The minimum Gasteiger partial charge on any atom is -0.279 e. The SMILES string of the molecule is CC=Cc1n[nH]c(=O)n1C. The number of allylic oxidation sites excluding steroid dienone is 1. The number of nitrogens with zero attached hydrogens (tertiary/aromatic N) is 2. The summed E-state index contributed by atoms with van der Waals surface area (Å²) in [5, 5.41) is 6.07. The summed E-state index contributed by atoms with van der Waals surface area (Å²) < 4.78 is 1.44. The number of nitrogens with one attached hydrogen (secondary N) is 1. The largest absolute Gasteiger partial charge is 0.343 e. The van der Waals surface area contributed by atoms with Gasteiger partial charge in [-0.15, -0.1) is 0 Å². The summed E-state index contributed by atoms with van der Waals surface area (Å²) in [7, 11) is 1.67. The van der Waals surface area contributed by atoms with Crippen molar-refractivity contribution in [3.63, 3.8) is 0 Å². The minimum atomic E-state index is -0.187. The molecule has 0 aromatic carbocycles. The molecule has 1 aromatic heterocycles. The molecule has 0 atom stereocenters. The van der Waals surface area contributed by atoms with Crippen molar-refractivity contribution in [1.29, 1.82) is 0 Å². The van der Waals surface area contributed by atoms with Gasteiger partial charge in [-0.1, -0.05) is 6.08 Å². The highest BCUT2D eigenvalue weighted by Gasteiger charge is 1.96. The van der Waals surface area contributed by atoms with Crippen LogP contribution in [0.4, 0.5) is 0 Å². The third kappa shape index (κ3) is 1.00. The topological polar surface area (TPSA) is 50.7 Å². The number of aromatic amines is 1. The van der Waals surface area contributed by atoms with Gasteiger partial charge in [0.05, 0.1) is 0 Å². The van der Waals surface area contributed by atoms with E-state index in [4.69, 9.17) is 0 Å². The van der Waals surface area contributed by atoms with Crippen LogP contribution in [-0.2, 0) is 7.05 Å². The van der Waals surface area contributed by atoms with Gasteiger partial charge in [0.25, 0.3) is 0 Å². The van der Waals surface area contributed by atoms with Crippen LogP contribution >= 0.6 is 0 Å². The van der Waals surface area contributed by atoms with Gasteiger partial charge >= 0.3 is 5.69 Å². The molecule has 0 aliphatic rings. The molecule has 0 amide bonds. The van der Waals surface area contributed by atoms with Gasteiger partial charge in [-0.3, -0.25) is 4.57 Å². The number of H-pyrrole nitrogens is 1. The predicted molar refractivity (Wildman–Crippen MR) is 38.5 cm³/mol. The van der Waals surface area contributed by atoms with Gasteiger partial charge in [0.1, 0.15) is 0 Å². The van der Waals surface area contributed by atoms with Crippen molar-refractivity contribution in [2.75, 3.05) is 0 Å². The van der Waals surface area contributed by atoms with Crippen molar-refractivity contribution in [2.45, 2.75) is 6.92 Å². The fourth-order valence-electron chi connectivity index (χ4n) is 0.657. The molecule has 0 aliphatic heterocycles. The quantitative estimate of drug-likeness (QED) is 0.601. The van der Waals surface area contributed by atoms with Gasteiger partial charge in [0, 0.05) is 7.05 Å². The third-order valence-electron chi connectivity index (χ3n) is 1.23. The van der Waals surface area contributed by atoms with E-state index in [0.717, 1.165) is 0 Å². The lowest BCUT2D eigenvalue weighted by Crippen LogP contribution is -2.13. The van der Waals surface area contributed by atoms with Gasteiger partial charge in [-0.05, 0) is 13.0 Å². The summed E-state index contributed by atoms with van der Waals surface area (Å²) in [6.45, 7) is 1.87. The fraction of sp³-hybridized carbons (Fsp3) is 0.333. The first-order chi connectivity index (χ1) is 4.75. The molecule has 1 aromatic rings. The molecular formula is C6H9N3O. The molecule has 4 heteroatoms. The Balaban J connectivity index is 3.17. The monoisotopic (exact) mass is 139 g/mol. The van der Waals surface area contributed by atoms with Crippen LogP contribution in [0.15, 0.2) is 10.9 Å². The van der Waals surface area contributed by atoms with Crippen LogP contribution in [0.3, 0.4) is 0 Å². The molecule has 0 fully saturated rings. The second kappa shape index (κ2) is 2.51. The summed E-state index contributed by atoms with van der Waals surface area (Å²) in [5.74, 6) is 0.646. The van der Waals surface area contributed by atoms with E-state index in [0.29, 0.717) is 5.82 Å². The number of hydrogen-bond acceptors (Lipinski definition) is 2. The van der Waals surface area contributed by atoms with E-state index in [-0.39, 0.29) is 5.69 Å². The number of aromatic nitrogens is 3. The Bertz CT molecular complexity index is 294. The van der Waals surface area contributed by atoms with E-state index in [1.807, 2.05) is 13.0 Å². The lowest BCUT2D eigenvalue weighted by Gasteiger charge is -1.87. The highest BCUT2D eigenvalue weighted by Crippen LogP contribution is 1.89. The second-order valence-electron chi connectivity index (χ2n) is 1.95. The molecule has 1 heterocycles. The van der Waals surface area contributed by atoms with Crippen LogP contribution in [-0.4, -0.2) is 14.8 Å². The lowest BCUT2D eigenvalue weighted by atomic mass is 10.5. The molecule has 1 rings (SSSR count). The molecule has 10 heavy (non-hydrogen) atoms. The Morgan fingerprint density at radius 2 is 2.40 bits per heavy atom. The van der Waals surface area contributed by atoms with Gasteiger partial charge in [-0.2, -0.15) is 5.10 Å². The van der Waals surface area contributed by atoms with Crippen LogP contribution in [0.1, 0.15) is 12.7 Å². The highest BCUT2D eigenvalue weighted by atomic mass is 16.1.